The van der Waals surface area contributed by atoms with Gasteiger partial charge in [0, 0.05) is 12.7 Å². The fraction of sp³-hybridized carbons (Fsp3) is 0.462. The number of carbonyl (C=O) groups excluding carboxylic acids is 2. The van der Waals surface area contributed by atoms with E-state index in [1.165, 1.54) is 17.2 Å². The lowest BCUT2D eigenvalue weighted by Gasteiger charge is -2.32. The molecule has 1 atom stereocenters. The molecule has 0 saturated carbocycles. The number of pyridine rings is 1. The van der Waals surface area contributed by atoms with Crippen molar-refractivity contribution in [2.24, 2.45) is 0 Å². The van der Waals surface area contributed by atoms with Gasteiger partial charge in [-0.15, -0.1) is 0 Å². The Kier molecular flexibility index (Phi) is 4.09. The second kappa shape index (κ2) is 5.77. The Balaban J connectivity index is 2.10. The van der Waals surface area contributed by atoms with Crippen molar-refractivity contribution in [1.82, 2.24) is 15.2 Å². The molecule has 1 N–H and O–H groups in total. The van der Waals surface area contributed by atoms with E-state index < -0.39 is 11.9 Å². The zero-order valence-corrected chi connectivity index (χ0v) is 10.7. The predicted molar refractivity (Wildman–Crippen MR) is 66.5 cm³/mol. The van der Waals surface area contributed by atoms with Crippen LogP contribution in [0.3, 0.4) is 0 Å². The van der Waals surface area contributed by atoms with Gasteiger partial charge in [-0.3, -0.25) is 14.6 Å². The van der Waals surface area contributed by atoms with Crippen LogP contribution in [-0.4, -0.2) is 34.3 Å². The van der Waals surface area contributed by atoms with E-state index in [9.17, 15) is 14.0 Å². The summed E-state index contributed by atoms with van der Waals surface area (Å²) in [6.07, 6.45) is 4.03. The number of hydrogen-bond donors (Lipinski definition) is 1. The largest absolute Gasteiger partial charge is 0.343 e. The Hall–Kier alpha value is -1.98. The Morgan fingerprint density at radius 2 is 2.26 bits per heavy atom. The molecule has 2 heterocycles. The molecular formula is C13H16FN3O2. The van der Waals surface area contributed by atoms with Gasteiger partial charge in [0.1, 0.15) is 11.9 Å². The lowest BCUT2D eigenvalue weighted by molar-refractivity contribution is -0.145. The zero-order valence-electron chi connectivity index (χ0n) is 10.7. The highest BCUT2D eigenvalue weighted by atomic mass is 19.1. The van der Waals surface area contributed by atoms with E-state index in [1.807, 2.05) is 6.92 Å². The molecule has 1 aromatic heterocycles. The molecule has 102 valence electrons. The molecule has 0 aliphatic carbocycles. The summed E-state index contributed by atoms with van der Waals surface area (Å²) in [6.45, 7) is 2.17. The van der Waals surface area contributed by atoms with E-state index in [1.54, 1.807) is 0 Å². The van der Waals surface area contributed by atoms with E-state index in [2.05, 4.69) is 10.3 Å². The van der Waals surface area contributed by atoms with Crippen LogP contribution >= 0.6 is 0 Å². The molecule has 1 saturated heterocycles. The van der Waals surface area contributed by atoms with Crippen molar-refractivity contribution >= 4 is 11.8 Å². The molecule has 1 aromatic rings. The quantitative estimate of drug-likeness (QED) is 0.877. The minimum Gasteiger partial charge on any atom is -0.343 e. The number of nitrogens with one attached hydrogen (secondary N) is 1. The van der Waals surface area contributed by atoms with Gasteiger partial charge >= 0.3 is 0 Å². The van der Waals surface area contributed by atoms with Gasteiger partial charge in [-0.25, -0.2) is 4.39 Å². The SMILES string of the molecule is CCCC1NC(=O)CN(Cc2cncc(F)c2)C1=O. The summed E-state index contributed by atoms with van der Waals surface area (Å²) in [5, 5.41) is 2.67. The molecule has 6 heteroatoms. The van der Waals surface area contributed by atoms with E-state index in [4.69, 9.17) is 0 Å². The fourth-order valence-electron chi connectivity index (χ4n) is 2.15. The number of aromatic nitrogens is 1. The monoisotopic (exact) mass is 265 g/mol. The average molecular weight is 265 g/mol. The second-order valence-electron chi connectivity index (χ2n) is 4.61. The standard InChI is InChI=1S/C13H16FN3O2/c1-2-3-11-13(19)17(8-12(18)16-11)7-9-4-10(14)6-15-5-9/h4-6,11H,2-3,7-8H2,1H3,(H,16,18). The lowest BCUT2D eigenvalue weighted by Crippen LogP contribution is -2.57. The van der Waals surface area contributed by atoms with E-state index in [0.29, 0.717) is 12.0 Å². The maximum absolute atomic E-state index is 13.0. The molecule has 0 radical (unpaired) electrons. The normalized spacial score (nSPS) is 19.5. The molecule has 1 fully saturated rings. The fourth-order valence-corrected chi connectivity index (χ4v) is 2.15. The number of nitrogens with zero attached hydrogens (tertiary/aromatic N) is 2. The van der Waals surface area contributed by atoms with Gasteiger partial charge in [0.2, 0.25) is 11.8 Å². The van der Waals surface area contributed by atoms with E-state index >= 15 is 0 Å². The molecule has 19 heavy (non-hydrogen) atoms. The van der Waals surface area contributed by atoms with Crippen LogP contribution in [0.25, 0.3) is 0 Å². The van der Waals surface area contributed by atoms with Crippen LogP contribution < -0.4 is 5.32 Å². The maximum atomic E-state index is 13.0. The molecular weight excluding hydrogens is 249 g/mol. The number of carbonyl (C=O) groups is 2. The Labute approximate surface area is 110 Å². The van der Waals surface area contributed by atoms with Crippen molar-refractivity contribution in [3.63, 3.8) is 0 Å². The van der Waals surface area contributed by atoms with Gasteiger partial charge in [0.25, 0.3) is 0 Å². The summed E-state index contributed by atoms with van der Waals surface area (Å²) in [5.41, 5.74) is 0.582. The van der Waals surface area contributed by atoms with Gasteiger partial charge in [0.15, 0.2) is 0 Å². The molecule has 2 rings (SSSR count). The third-order valence-corrected chi connectivity index (χ3v) is 2.99. The van der Waals surface area contributed by atoms with Crippen molar-refractivity contribution in [3.8, 4) is 0 Å². The van der Waals surface area contributed by atoms with Crippen LogP contribution in [-0.2, 0) is 16.1 Å². The first-order valence-corrected chi connectivity index (χ1v) is 6.27. The summed E-state index contributed by atoms with van der Waals surface area (Å²) < 4.78 is 13.0. The second-order valence-corrected chi connectivity index (χ2v) is 4.61. The van der Waals surface area contributed by atoms with Crippen LogP contribution in [0.1, 0.15) is 25.3 Å². The highest BCUT2D eigenvalue weighted by Gasteiger charge is 2.31. The van der Waals surface area contributed by atoms with Crippen molar-refractivity contribution in [1.29, 1.82) is 0 Å². The lowest BCUT2D eigenvalue weighted by atomic mass is 10.1. The Morgan fingerprint density at radius 1 is 1.47 bits per heavy atom. The van der Waals surface area contributed by atoms with Gasteiger partial charge < -0.3 is 10.2 Å². The van der Waals surface area contributed by atoms with Crippen molar-refractivity contribution in [2.45, 2.75) is 32.4 Å². The molecule has 2 amide bonds. The summed E-state index contributed by atoms with van der Waals surface area (Å²) in [6, 6.07) is 0.856. The zero-order chi connectivity index (χ0) is 13.8. The van der Waals surface area contributed by atoms with Crippen LogP contribution in [0.2, 0.25) is 0 Å². The number of halogens is 1. The summed E-state index contributed by atoms with van der Waals surface area (Å²) in [5.74, 6) is -0.746. The third kappa shape index (κ3) is 3.27. The van der Waals surface area contributed by atoms with Crippen LogP contribution in [0, 0.1) is 5.82 Å². The maximum Gasteiger partial charge on any atom is 0.245 e. The first-order valence-electron chi connectivity index (χ1n) is 6.27. The summed E-state index contributed by atoms with van der Waals surface area (Å²) >= 11 is 0. The van der Waals surface area contributed by atoms with Crippen LogP contribution in [0.5, 0.6) is 0 Å². The third-order valence-electron chi connectivity index (χ3n) is 2.99. The first-order chi connectivity index (χ1) is 9.10. The molecule has 0 aromatic carbocycles. The number of hydrogen-bond acceptors (Lipinski definition) is 3. The van der Waals surface area contributed by atoms with Gasteiger partial charge in [-0.1, -0.05) is 13.3 Å². The average Bonchev–Trinajstić information content (AvgIpc) is 2.35. The number of rotatable bonds is 4. The van der Waals surface area contributed by atoms with Crippen LogP contribution in [0.15, 0.2) is 18.5 Å². The first kappa shape index (κ1) is 13.5. The predicted octanol–water partition coefficient (Wildman–Crippen LogP) is 0.848. The number of piperazine rings is 1. The smallest absolute Gasteiger partial charge is 0.245 e. The molecule has 5 nitrogen and oxygen atoms in total. The van der Waals surface area contributed by atoms with Gasteiger partial charge in [0.05, 0.1) is 12.7 Å². The van der Waals surface area contributed by atoms with Crippen LogP contribution in [0.4, 0.5) is 4.39 Å². The highest BCUT2D eigenvalue weighted by Crippen LogP contribution is 2.12. The van der Waals surface area contributed by atoms with Gasteiger partial charge in [-0.2, -0.15) is 0 Å². The summed E-state index contributed by atoms with van der Waals surface area (Å²) in [7, 11) is 0. The van der Waals surface area contributed by atoms with Crippen molar-refractivity contribution in [2.75, 3.05) is 6.54 Å². The molecule has 1 aliphatic rings. The van der Waals surface area contributed by atoms with Crippen molar-refractivity contribution in [3.05, 3.63) is 29.8 Å². The molecule has 1 aliphatic heterocycles. The highest BCUT2D eigenvalue weighted by molar-refractivity contribution is 5.94. The van der Waals surface area contributed by atoms with Crippen molar-refractivity contribution < 1.29 is 14.0 Å². The Morgan fingerprint density at radius 3 is 2.95 bits per heavy atom. The molecule has 0 spiro atoms. The minimum atomic E-state index is -0.465. The van der Waals surface area contributed by atoms with E-state index in [-0.39, 0.29) is 24.9 Å². The topological polar surface area (TPSA) is 62.3 Å². The molecule has 0 bridgehead atoms. The minimum absolute atomic E-state index is 0.00949. The summed E-state index contributed by atoms with van der Waals surface area (Å²) in [4.78, 5) is 28.9. The number of amides is 2. The Bertz CT molecular complexity index is 493. The van der Waals surface area contributed by atoms with Gasteiger partial charge in [-0.05, 0) is 18.1 Å². The van der Waals surface area contributed by atoms with E-state index in [0.717, 1.165) is 12.6 Å². The molecule has 1 unspecified atom stereocenters.